The Bertz CT molecular complexity index is 802. The standard InChI is InChI=1S/C23H29N3O3/c1-29-17-7-14-24-22(27)18-12-15-26(16-13-18)23(28)20-10-5-6-11-21(20)25-19-8-3-2-4-9-19/h2-6,8-11,18,25H,7,12-17H2,1H3,(H,24,27). The Balaban J connectivity index is 1.56. The molecule has 0 spiro atoms. The number of hydrogen-bond donors (Lipinski definition) is 2. The number of nitrogens with one attached hydrogen (secondary N) is 2. The molecule has 1 aliphatic rings. The molecule has 0 unspecified atom stereocenters. The number of benzene rings is 2. The summed E-state index contributed by atoms with van der Waals surface area (Å²) in [7, 11) is 1.65. The third-order valence-electron chi connectivity index (χ3n) is 5.19. The number of carbonyl (C=O) groups is 2. The van der Waals surface area contributed by atoms with E-state index in [4.69, 9.17) is 4.74 Å². The first-order valence-corrected chi connectivity index (χ1v) is 10.2. The molecule has 29 heavy (non-hydrogen) atoms. The van der Waals surface area contributed by atoms with Crippen LogP contribution < -0.4 is 10.6 Å². The Morgan fingerprint density at radius 1 is 1.03 bits per heavy atom. The number of methoxy groups -OCH3 is 1. The molecule has 3 rings (SSSR count). The summed E-state index contributed by atoms with van der Waals surface area (Å²) in [5, 5.41) is 6.30. The highest BCUT2D eigenvalue weighted by Gasteiger charge is 2.28. The van der Waals surface area contributed by atoms with Gasteiger partial charge in [-0.15, -0.1) is 0 Å². The van der Waals surface area contributed by atoms with E-state index in [9.17, 15) is 9.59 Å². The zero-order valence-electron chi connectivity index (χ0n) is 16.9. The van der Waals surface area contributed by atoms with Crippen LogP contribution in [0.25, 0.3) is 0 Å². The normalized spacial score (nSPS) is 14.4. The van der Waals surface area contributed by atoms with Gasteiger partial charge in [-0.3, -0.25) is 9.59 Å². The summed E-state index contributed by atoms with van der Waals surface area (Å²) < 4.78 is 5.00. The second-order valence-electron chi connectivity index (χ2n) is 7.24. The topological polar surface area (TPSA) is 70.7 Å². The Labute approximate surface area is 172 Å². The second-order valence-corrected chi connectivity index (χ2v) is 7.24. The fourth-order valence-electron chi connectivity index (χ4n) is 3.54. The highest BCUT2D eigenvalue weighted by Crippen LogP contribution is 2.25. The molecular weight excluding hydrogens is 366 g/mol. The number of amides is 2. The van der Waals surface area contributed by atoms with Crippen molar-refractivity contribution in [1.82, 2.24) is 10.2 Å². The summed E-state index contributed by atoms with van der Waals surface area (Å²) in [6, 6.07) is 17.4. The van der Waals surface area contributed by atoms with Crippen LogP contribution in [0.15, 0.2) is 54.6 Å². The number of hydrogen-bond acceptors (Lipinski definition) is 4. The molecule has 0 radical (unpaired) electrons. The van der Waals surface area contributed by atoms with Gasteiger partial charge in [0.25, 0.3) is 5.91 Å². The molecule has 0 aromatic heterocycles. The number of piperidine rings is 1. The molecule has 0 atom stereocenters. The van der Waals surface area contributed by atoms with Crippen LogP contribution in [0.5, 0.6) is 0 Å². The van der Waals surface area contributed by atoms with Crippen molar-refractivity contribution in [2.24, 2.45) is 5.92 Å². The van der Waals surface area contributed by atoms with Crippen LogP contribution in [-0.2, 0) is 9.53 Å². The average Bonchev–Trinajstić information content (AvgIpc) is 2.77. The van der Waals surface area contributed by atoms with Gasteiger partial charge in [0.05, 0.1) is 11.3 Å². The summed E-state index contributed by atoms with van der Waals surface area (Å²) in [6.45, 7) is 2.46. The molecule has 0 saturated carbocycles. The van der Waals surface area contributed by atoms with E-state index < -0.39 is 0 Å². The smallest absolute Gasteiger partial charge is 0.255 e. The van der Waals surface area contributed by atoms with Crippen LogP contribution in [-0.4, -0.2) is 50.1 Å². The number of likely N-dealkylation sites (tertiary alicyclic amines) is 1. The van der Waals surface area contributed by atoms with E-state index in [1.807, 2.05) is 59.5 Å². The minimum absolute atomic E-state index is 0.00276. The first-order valence-electron chi connectivity index (χ1n) is 10.2. The Hall–Kier alpha value is -2.86. The highest BCUT2D eigenvalue weighted by molar-refractivity contribution is 6.00. The number of ether oxygens (including phenoxy) is 1. The van der Waals surface area contributed by atoms with Gasteiger partial charge in [0.2, 0.25) is 5.91 Å². The van der Waals surface area contributed by atoms with Crippen LogP contribution in [0.4, 0.5) is 11.4 Å². The van der Waals surface area contributed by atoms with E-state index in [0.717, 1.165) is 17.8 Å². The molecule has 1 saturated heterocycles. The maximum absolute atomic E-state index is 13.1. The number of carbonyl (C=O) groups excluding carboxylic acids is 2. The van der Waals surface area contributed by atoms with Crippen molar-refractivity contribution >= 4 is 23.2 Å². The summed E-state index contributed by atoms with van der Waals surface area (Å²) in [5.41, 5.74) is 2.39. The average molecular weight is 396 g/mol. The van der Waals surface area contributed by atoms with Crippen molar-refractivity contribution < 1.29 is 14.3 Å². The lowest BCUT2D eigenvalue weighted by atomic mass is 9.95. The predicted octanol–water partition coefficient (Wildman–Crippen LogP) is 3.44. The fraction of sp³-hybridized carbons (Fsp3) is 0.391. The number of rotatable bonds is 8. The quantitative estimate of drug-likeness (QED) is 0.672. The van der Waals surface area contributed by atoms with Crippen LogP contribution in [0.2, 0.25) is 0 Å². The van der Waals surface area contributed by atoms with Crippen molar-refractivity contribution in [3.05, 3.63) is 60.2 Å². The number of para-hydroxylation sites is 2. The zero-order valence-corrected chi connectivity index (χ0v) is 16.9. The van der Waals surface area contributed by atoms with E-state index in [1.54, 1.807) is 7.11 Å². The van der Waals surface area contributed by atoms with Gasteiger partial charge in [0, 0.05) is 45.0 Å². The molecule has 2 aromatic carbocycles. The van der Waals surface area contributed by atoms with Gasteiger partial charge in [-0.2, -0.15) is 0 Å². The summed E-state index contributed by atoms with van der Waals surface area (Å²) in [5.74, 6) is 0.0570. The van der Waals surface area contributed by atoms with Crippen molar-refractivity contribution in [2.75, 3.05) is 38.7 Å². The van der Waals surface area contributed by atoms with Gasteiger partial charge in [0.15, 0.2) is 0 Å². The Morgan fingerprint density at radius 3 is 2.45 bits per heavy atom. The minimum atomic E-state index is -0.0284. The monoisotopic (exact) mass is 395 g/mol. The maximum atomic E-state index is 13.1. The van der Waals surface area contributed by atoms with E-state index in [2.05, 4.69) is 10.6 Å². The van der Waals surface area contributed by atoms with Crippen molar-refractivity contribution in [1.29, 1.82) is 0 Å². The predicted molar refractivity (Wildman–Crippen MR) is 114 cm³/mol. The second kappa shape index (κ2) is 10.6. The van der Waals surface area contributed by atoms with Crippen LogP contribution in [0, 0.1) is 5.92 Å². The molecule has 6 nitrogen and oxygen atoms in total. The lowest BCUT2D eigenvalue weighted by Gasteiger charge is -2.32. The molecular formula is C23H29N3O3. The molecule has 154 valence electrons. The summed E-state index contributed by atoms with van der Waals surface area (Å²) >= 11 is 0. The first kappa shape index (κ1) is 20.9. The highest BCUT2D eigenvalue weighted by atomic mass is 16.5. The molecule has 2 amide bonds. The first-order chi connectivity index (χ1) is 14.2. The van der Waals surface area contributed by atoms with Crippen molar-refractivity contribution in [2.45, 2.75) is 19.3 Å². The van der Waals surface area contributed by atoms with Crippen molar-refractivity contribution in [3.63, 3.8) is 0 Å². The molecule has 2 N–H and O–H groups in total. The molecule has 2 aromatic rings. The summed E-state index contributed by atoms with van der Waals surface area (Å²) in [6.07, 6.45) is 2.19. The number of anilines is 2. The maximum Gasteiger partial charge on any atom is 0.255 e. The Kier molecular flexibility index (Phi) is 7.64. The van der Waals surface area contributed by atoms with Crippen molar-refractivity contribution in [3.8, 4) is 0 Å². The molecule has 6 heteroatoms. The van der Waals surface area contributed by atoms with Gasteiger partial charge in [-0.25, -0.2) is 0 Å². The largest absolute Gasteiger partial charge is 0.385 e. The van der Waals surface area contributed by atoms with Crippen LogP contribution >= 0.6 is 0 Å². The molecule has 1 aliphatic heterocycles. The lowest BCUT2D eigenvalue weighted by molar-refractivity contribution is -0.126. The van der Waals surface area contributed by atoms with E-state index in [-0.39, 0.29) is 17.7 Å². The lowest BCUT2D eigenvalue weighted by Crippen LogP contribution is -2.43. The van der Waals surface area contributed by atoms with E-state index in [1.165, 1.54) is 0 Å². The zero-order chi connectivity index (χ0) is 20.5. The molecule has 0 bridgehead atoms. The molecule has 0 aliphatic carbocycles. The van der Waals surface area contributed by atoms with Gasteiger partial charge in [0.1, 0.15) is 0 Å². The van der Waals surface area contributed by atoms with Gasteiger partial charge >= 0.3 is 0 Å². The molecule has 1 heterocycles. The third kappa shape index (κ3) is 5.81. The SMILES string of the molecule is COCCCNC(=O)C1CCN(C(=O)c2ccccc2Nc2ccccc2)CC1. The number of nitrogens with zero attached hydrogens (tertiary/aromatic N) is 1. The van der Waals surface area contributed by atoms with Crippen LogP contribution in [0.3, 0.4) is 0 Å². The van der Waals surface area contributed by atoms with E-state index >= 15 is 0 Å². The third-order valence-corrected chi connectivity index (χ3v) is 5.19. The minimum Gasteiger partial charge on any atom is -0.385 e. The van der Waals surface area contributed by atoms with Gasteiger partial charge < -0.3 is 20.3 Å². The molecule has 1 fully saturated rings. The van der Waals surface area contributed by atoms with Gasteiger partial charge in [-0.1, -0.05) is 30.3 Å². The fourth-order valence-corrected chi connectivity index (χ4v) is 3.54. The summed E-state index contributed by atoms with van der Waals surface area (Å²) in [4.78, 5) is 27.2. The Morgan fingerprint density at radius 2 is 1.72 bits per heavy atom. The van der Waals surface area contributed by atoms with Gasteiger partial charge in [-0.05, 0) is 43.5 Å². The van der Waals surface area contributed by atoms with E-state index in [0.29, 0.717) is 44.6 Å². The van der Waals surface area contributed by atoms with Crippen LogP contribution in [0.1, 0.15) is 29.6 Å².